The summed E-state index contributed by atoms with van der Waals surface area (Å²) in [4.78, 5) is 34.5. The van der Waals surface area contributed by atoms with Crippen molar-refractivity contribution in [2.75, 3.05) is 41.4 Å². The summed E-state index contributed by atoms with van der Waals surface area (Å²) in [5.41, 5.74) is 1.22. The number of fused-ring (bicyclic) bond motifs is 1. The number of carbonyl (C=O) groups excluding carboxylic acids is 2. The maximum atomic E-state index is 12.8. The van der Waals surface area contributed by atoms with Gasteiger partial charge in [-0.25, -0.2) is 9.78 Å². The van der Waals surface area contributed by atoms with Crippen LogP contribution in [0.5, 0.6) is 0 Å². The van der Waals surface area contributed by atoms with E-state index in [4.69, 9.17) is 4.74 Å². The second kappa shape index (κ2) is 7.76. The van der Waals surface area contributed by atoms with Crippen molar-refractivity contribution in [3.63, 3.8) is 0 Å². The first kappa shape index (κ1) is 18.7. The van der Waals surface area contributed by atoms with Crippen LogP contribution in [-0.2, 0) is 4.74 Å². The maximum absolute atomic E-state index is 12.8. The van der Waals surface area contributed by atoms with Gasteiger partial charge < -0.3 is 15.0 Å². The zero-order valence-electron chi connectivity index (χ0n) is 15.6. The van der Waals surface area contributed by atoms with Gasteiger partial charge in [-0.1, -0.05) is 23.5 Å². The SMILES string of the molecule is CCN(CC)c1nc2sc(C(=O)Nc3ccccc3N3CCOC3=O)cc2s1. The molecule has 0 aliphatic carbocycles. The maximum Gasteiger partial charge on any atom is 0.414 e. The number of aromatic nitrogens is 1. The van der Waals surface area contributed by atoms with Crippen LogP contribution in [-0.4, -0.2) is 43.2 Å². The summed E-state index contributed by atoms with van der Waals surface area (Å²) in [6, 6.07) is 9.12. The van der Waals surface area contributed by atoms with E-state index in [1.54, 1.807) is 23.5 Å². The lowest BCUT2D eigenvalue weighted by Crippen LogP contribution is -2.25. The Kier molecular flexibility index (Phi) is 5.19. The third-order valence-electron chi connectivity index (χ3n) is 4.54. The highest BCUT2D eigenvalue weighted by Gasteiger charge is 2.26. The van der Waals surface area contributed by atoms with Crippen LogP contribution in [0.2, 0.25) is 0 Å². The van der Waals surface area contributed by atoms with Crippen LogP contribution in [0.3, 0.4) is 0 Å². The first-order valence-corrected chi connectivity index (χ1v) is 10.7. The number of hydrogen-bond donors (Lipinski definition) is 1. The third kappa shape index (κ3) is 3.43. The Bertz CT molecular complexity index is 994. The monoisotopic (exact) mass is 416 g/mol. The second-order valence-electron chi connectivity index (χ2n) is 6.19. The molecule has 1 N–H and O–H groups in total. The molecule has 1 aliphatic rings. The summed E-state index contributed by atoms with van der Waals surface area (Å²) in [6.07, 6.45) is -0.397. The fourth-order valence-corrected chi connectivity index (χ4v) is 5.31. The Morgan fingerprint density at radius 1 is 1.29 bits per heavy atom. The molecule has 0 bridgehead atoms. The molecule has 0 unspecified atom stereocenters. The average Bonchev–Trinajstić information content (AvgIpc) is 3.38. The Labute approximate surface area is 170 Å². The van der Waals surface area contributed by atoms with Crippen LogP contribution < -0.4 is 15.1 Å². The second-order valence-corrected chi connectivity index (χ2v) is 8.23. The number of rotatable bonds is 6. The largest absolute Gasteiger partial charge is 0.447 e. The van der Waals surface area contributed by atoms with Crippen molar-refractivity contribution < 1.29 is 14.3 Å². The molecular weight excluding hydrogens is 396 g/mol. The van der Waals surface area contributed by atoms with Gasteiger partial charge in [0.2, 0.25) is 0 Å². The number of amides is 2. The van der Waals surface area contributed by atoms with Gasteiger partial charge in [0.25, 0.3) is 5.91 Å². The standard InChI is InChI=1S/C19H20N4O3S2/c1-3-22(4-2)18-21-17-15(28-18)11-14(27-17)16(24)20-12-7-5-6-8-13(12)23-9-10-26-19(23)25/h5-8,11H,3-4,9-10H2,1-2H3,(H,20,24). The lowest BCUT2D eigenvalue weighted by atomic mass is 10.2. The lowest BCUT2D eigenvalue weighted by molar-refractivity contribution is 0.103. The van der Waals surface area contributed by atoms with Crippen molar-refractivity contribution >= 4 is 60.7 Å². The minimum Gasteiger partial charge on any atom is -0.447 e. The number of anilines is 3. The Morgan fingerprint density at radius 3 is 2.75 bits per heavy atom. The minimum atomic E-state index is -0.397. The predicted octanol–water partition coefficient (Wildman–Crippen LogP) is 4.41. The van der Waals surface area contributed by atoms with E-state index >= 15 is 0 Å². The van der Waals surface area contributed by atoms with Gasteiger partial charge in [-0.2, -0.15) is 0 Å². The van der Waals surface area contributed by atoms with E-state index in [0.29, 0.717) is 29.4 Å². The van der Waals surface area contributed by atoms with Gasteiger partial charge in [0.05, 0.1) is 27.5 Å². The van der Waals surface area contributed by atoms with Crippen molar-refractivity contribution in [3.8, 4) is 0 Å². The first-order valence-electron chi connectivity index (χ1n) is 9.10. The molecule has 2 aromatic heterocycles. The number of cyclic esters (lactones) is 1. The normalized spacial score (nSPS) is 13.8. The summed E-state index contributed by atoms with van der Waals surface area (Å²) >= 11 is 2.98. The number of para-hydroxylation sites is 2. The minimum absolute atomic E-state index is 0.209. The molecule has 28 heavy (non-hydrogen) atoms. The molecule has 0 radical (unpaired) electrons. The van der Waals surface area contributed by atoms with E-state index in [-0.39, 0.29) is 5.91 Å². The molecule has 1 fully saturated rings. The third-order valence-corrected chi connectivity index (χ3v) is 6.76. The van der Waals surface area contributed by atoms with Crippen LogP contribution in [0.1, 0.15) is 23.5 Å². The number of ether oxygens (including phenoxy) is 1. The molecule has 9 heteroatoms. The van der Waals surface area contributed by atoms with E-state index in [0.717, 1.165) is 27.8 Å². The topological polar surface area (TPSA) is 74.8 Å². The molecule has 1 saturated heterocycles. The van der Waals surface area contributed by atoms with Crippen molar-refractivity contribution in [2.24, 2.45) is 0 Å². The number of carbonyl (C=O) groups is 2. The lowest BCUT2D eigenvalue weighted by Gasteiger charge is -2.17. The van der Waals surface area contributed by atoms with Crippen LogP contribution in [0.25, 0.3) is 9.53 Å². The van der Waals surface area contributed by atoms with E-state index in [1.165, 1.54) is 16.2 Å². The molecule has 3 heterocycles. The van der Waals surface area contributed by atoms with Gasteiger partial charge in [0.15, 0.2) is 5.13 Å². The Morgan fingerprint density at radius 2 is 2.07 bits per heavy atom. The van der Waals surface area contributed by atoms with E-state index in [1.807, 2.05) is 18.2 Å². The number of thiophene rings is 1. The van der Waals surface area contributed by atoms with E-state index in [9.17, 15) is 9.59 Å². The van der Waals surface area contributed by atoms with Crippen LogP contribution in [0.4, 0.5) is 21.3 Å². The summed E-state index contributed by atoms with van der Waals surface area (Å²) < 4.78 is 6.02. The quantitative estimate of drug-likeness (QED) is 0.644. The fourth-order valence-electron chi connectivity index (χ4n) is 3.08. The summed E-state index contributed by atoms with van der Waals surface area (Å²) in [5, 5.41) is 3.91. The molecule has 146 valence electrons. The van der Waals surface area contributed by atoms with Crippen molar-refractivity contribution in [3.05, 3.63) is 35.2 Å². The Hall–Kier alpha value is -2.65. The van der Waals surface area contributed by atoms with Gasteiger partial charge in [-0.05, 0) is 32.0 Å². The zero-order valence-corrected chi connectivity index (χ0v) is 17.2. The van der Waals surface area contributed by atoms with E-state index < -0.39 is 6.09 Å². The zero-order chi connectivity index (χ0) is 19.7. The smallest absolute Gasteiger partial charge is 0.414 e. The summed E-state index contributed by atoms with van der Waals surface area (Å²) in [7, 11) is 0. The van der Waals surface area contributed by atoms with Crippen molar-refractivity contribution in [1.29, 1.82) is 0 Å². The molecule has 1 aromatic carbocycles. The van der Waals surface area contributed by atoms with E-state index in [2.05, 4.69) is 29.0 Å². The van der Waals surface area contributed by atoms with Gasteiger partial charge in [0.1, 0.15) is 11.4 Å². The van der Waals surface area contributed by atoms with Gasteiger partial charge in [-0.3, -0.25) is 9.69 Å². The number of nitrogens with zero attached hydrogens (tertiary/aromatic N) is 3. The molecule has 0 saturated carbocycles. The molecular formula is C19H20N4O3S2. The van der Waals surface area contributed by atoms with Gasteiger partial charge in [-0.15, -0.1) is 11.3 Å². The Balaban J connectivity index is 1.56. The molecule has 0 spiro atoms. The number of hydrogen-bond acceptors (Lipinski definition) is 7. The highest BCUT2D eigenvalue weighted by molar-refractivity contribution is 7.29. The van der Waals surface area contributed by atoms with Crippen LogP contribution in [0, 0.1) is 0 Å². The first-order chi connectivity index (χ1) is 13.6. The number of benzene rings is 1. The highest BCUT2D eigenvalue weighted by atomic mass is 32.1. The average molecular weight is 417 g/mol. The summed E-state index contributed by atoms with van der Waals surface area (Å²) in [6.45, 7) is 6.83. The fraction of sp³-hybridized carbons (Fsp3) is 0.316. The van der Waals surface area contributed by atoms with Crippen molar-refractivity contribution in [2.45, 2.75) is 13.8 Å². The predicted molar refractivity (Wildman–Crippen MR) is 114 cm³/mol. The molecule has 4 rings (SSSR count). The molecule has 0 atom stereocenters. The molecule has 7 nitrogen and oxygen atoms in total. The van der Waals surface area contributed by atoms with Gasteiger partial charge >= 0.3 is 6.09 Å². The van der Waals surface area contributed by atoms with Crippen LogP contribution >= 0.6 is 22.7 Å². The number of nitrogens with one attached hydrogen (secondary N) is 1. The number of thiazole rings is 1. The van der Waals surface area contributed by atoms with Crippen LogP contribution in [0.15, 0.2) is 30.3 Å². The van der Waals surface area contributed by atoms with Crippen molar-refractivity contribution in [1.82, 2.24) is 4.98 Å². The molecule has 3 aromatic rings. The highest BCUT2D eigenvalue weighted by Crippen LogP contribution is 2.35. The summed E-state index contributed by atoms with van der Waals surface area (Å²) in [5.74, 6) is -0.209. The molecule has 1 aliphatic heterocycles. The molecule has 2 amide bonds. The van der Waals surface area contributed by atoms with Gasteiger partial charge in [0, 0.05) is 13.1 Å².